The highest BCUT2D eigenvalue weighted by Gasteiger charge is 2.11. The molecule has 0 fully saturated rings. The average molecular weight is 378 g/mol. The predicted molar refractivity (Wildman–Crippen MR) is 83.0 cm³/mol. The van der Waals surface area contributed by atoms with Crippen LogP contribution in [0.15, 0.2) is 39.0 Å². The molecule has 0 bridgehead atoms. The number of alkyl halides is 2. The van der Waals surface area contributed by atoms with Crippen molar-refractivity contribution < 1.29 is 13.6 Å². The van der Waals surface area contributed by atoms with Gasteiger partial charge in [-0.25, -0.2) is 0 Å². The number of carbonyl (C=O) groups excluding carboxylic acids is 1. The second-order valence-electron chi connectivity index (χ2n) is 3.92. The Balaban J connectivity index is 2.04. The van der Waals surface area contributed by atoms with Crippen molar-refractivity contribution in [2.24, 2.45) is 0 Å². The summed E-state index contributed by atoms with van der Waals surface area (Å²) >= 11 is 5.20. The maximum absolute atomic E-state index is 12.2. The zero-order valence-corrected chi connectivity index (χ0v) is 13.5. The first-order valence-electron chi connectivity index (χ1n) is 5.58. The predicted octanol–water partition coefficient (Wildman–Crippen LogP) is 5.39. The molecule has 0 atom stereocenters. The average Bonchev–Trinajstić information content (AvgIpc) is 2.71. The summed E-state index contributed by atoms with van der Waals surface area (Å²) in [6, 6.07) is 8.13. The monoisotopic (exact) mass is 377 g/mol. The van der Waals surface area contributed by atoms with Gasteiger partial charge in [0.15, 0.2) is 0 Å². The third kappa shape index (κ3) is 4.04. The van der Waals surface area contributed by atoms with Crippen LogP contribution in [0.4, 0.5) is 14.5 Å². The number of hydrogen-bond donors (Lipinski definition) is 1. The fourth-order valence-corrected chi connectivity index (χ4v) is 3.41. The van der Waals surface area contributed by atoms with Crippen LogP contribution in [0.2, 0.25) is 0 Å². The zero-order chi connectivity index (χ0) is 14.7. The van der Waals surface area contributed by atoms with E-state index in [2.05, 4.69) is 21.2 Å². The van der Waals surface area contributed by atoms with Crippen molar-refractivity contribution in [2.75, 3.05) is 5.32 Å². The largest absolute Gasteiger partial charge is 0.321 e. The fourth-order valence-electron chi connectivity index (χ4n) is 1.48. The summed E-state index contributed by atoms with van der Waals surface area (Å²) in [5.74, 6) is -2.65. The number of benzene rings is 1. The molecule has 0 aliphatic rings. The smallest absolute Gasteiger partial charge is 0.288 e. The molecule has 0 saturated heterocycles. The van der Waals surface area contributed by atoms with Crippen LogP contribution < -0.4 is 5.32 Å². The minimum Gasteiger partial charge on any atom is -0.321 e. The van der Waals surface area contributed by atoms with Crippen molar-refractivity contribution in [1.29, 1.82) is 0 Å². The van der Waals surface area contributed by atoms with Gasteiger partial charge in [0, 0.05) is 10.6 Å². The molecule has 1 heterocycles. The molecule has 0 radical (unpaired) electrons. The number of rotatable bonds is 4. The first-order chi connectivity index (χ1) is 9.45. The van der Waals surface area contributed by atoms with Gasteiger partial charge in [-0.3, -0.25) is 4.79 Å². The third-order valence-corrected chi connectivity index (χ3v) is 5.28. The Labute approximate surface area is 131 Å². The normalized spacial score (nSPS) is 10.8. The van der Waals surface area contributed by atoms with E-state index in [-0.39, 0.29) is 5.91 Å². The molecule has 2 rings (SSSR count). The van der Waals surface area contributed by atoms with Gasteiger partial charge >= 0.3 is 0 Å². The van der Waals surface area contributed by atoms with Crippen molar-refractivity contribution >= 4 is 50.6 Å². The molecule has 0 spiro atoms. The van der Waals surface area contributed by atoms with Crippen molar-refractivity contribution in [3.8, 4) is 0 Å². The number of halogens is 3. The van der Waals surface area contributed by atoms with Crippen LogP contribution in [0.1, 0.15) is 15.2 Å². The Morgan fingerprint density at radius 3 is 2.50 bits per heavy atom. The second kappa shape index (κ2) is 6.69. The van der Waals surface area contributed by atoms with Gasteiger partial charge in [0.2, 0.25) is 0 Å². The van der Waals surface area contributed by atoms with Crippen LogP contribution in [-0.2, 0) is 0 Å². The number of aryl methyl sites for hydroxylation is 1. The zero-order valence-electron chi connectivity index (χ0n) is 10.3. The Hall–Kier alpha value is -0.920. The van der Waals surface area contributed by atoms with Crippen LogP contribution in [0.25, 0.3) is 0 Å². The van der Waals surface area contributed by atoms with Crippen LogP contribution in [0.3, 0.4) is 0 Å². The van der Waals surface area contributed by atoms with Crippen molar-refractivity contribution in [1.82, 2.24) is 0 Å². The van der Waals surface area contributed by atoms with Gasteiger partial charge in [0.05, 0.1) is 8.66 Å². The Bertz CT molecular complexity index is 594. The van der Waals surface area contributed by atoms with Gasteiger partial charge in [-0.2, -0.15) is 8.78 Å². The lowest BCUT2D eigenvalue weighted by molar-refractivity contribution is 0.103. The van der Waals surface area contributed by atoms with Crippen LogP contribution in [0, 0.1) is 6.92 Å². The molecule has 0 saturated carbocycles. The van der Waals surface area contributed by atoms with Gasteiger partial charge < -0.3 is 5.32 Å². The number of carbonyl (C=O) groups is 1. The highest BCUT2D eigenvalue weighted by Crippen LogP contribution is 2.29. The van der Waals surface area contributed by atoms with E-state index in [1.165, 1.54) is 11.3 Å². The van der Waals surface area contributed by atoms with Crippen LogP contribution in [0.5, 0.6) is 0 Å². The molecule has 1 N–H and O–H groups in total. The van der Waals surface area contributed by atoms with Crippen molar-refractivity contribution in [3.63, 3.8) is 0 Å². The topological polar surface area (TPSA) is 29.1 Å². The summed E-state index contributed by atoms with van der Waals surface area (Å²) in [5.41, 5.74) is 1.58. The third-order valence-electron chi connectivity index (χ3n) is 2.42. The van der Waals surface area contributed by atoms with Gasteiger partial charge in [-0.05, 0) is 58.7 Å². The van der Waals surface area contributed by atoms with Crippen molar-refractivity contribution in [2.45, 2.75) is 17.6 Å². The fraction of sp³-hybridized carbons (Fsp3) is 0.154. The summed E-state index contributed by atoms with van der Waals surface area (Å²) in [6.45, 7) is 1.91. The van der Waals surface area contributed by atoms with E-state index in [9.17, 15) is 13.6 Å². The minimum absolute atomic E-state index is 0.210. The van der Waals surface area contributed by atoms with Gasteiger partial charge in [0.1, 0.15) is 0 Å². The molecule has 2 aromatic rings. The SMILES string of the molecule is Cc1cc(C(=O)Nc2ccc(SC(F)F)cc2)sc1Br. The molecule has 2 nitrogen and oxygen atoms in total. The number of hydrogen-bond acceptors (Lipinski definition) is 3. The lowest BCUT2D eigenvalue weighted by Gasteiger charge is -2.05. The van der Waals surface area contributed by atoms with Crippen LogP contribution in [-0.4, -0.2) is 11.7 Å². The Kier molecular flexibility index (Phi) is 5.17. The summed E-state index contributed by atoms with van der Waals surface area (Å²) in [5, 5.41) is 2.73. The van der Waals surface area contributed by atoms with E-state index < -0.39 is 5.76 Å². The first-order valence-corrected chi connectivity index (χ1v) is 8.07. The lowest BCUT2D eigenvalue weighted by atomic mass is 10.3. The molecule has 1 amide bonds. The molecule has 7 heteroatoms. The van der Waals surface area contributed by atoms with E-state index in [0.717, 1.165) is 9.35 Å². The minimum atomic E-state index is -2.44. The molecule has 0 aliphatic heterocycles. The van der Waals surface area contributed by atoms with E-state index in [0.29, 0.717) is 27.2 Å². The molecule has 1 aromatic carbocycles. The standard InChI is InChI=1S/C13H10BrF2NOS2/c1-7-6-10(20-11(7)14)12(18)17-8-2-4-9(5-3-8)19-13(15)16/h2-6,13H,1H3,(H,17,18). The number of nitrogens with one attached hydrogen (secondary N) is 1. The van der Waals surface area contributed by atoms with E-state index >= 15 is 0 Å². The highest BCUT2D eigenvalue weighted by molar-refractivity contribution is 9.11. The molecule has 106 valence electrons. The highest BCUT2D eigenvalue weighted by atomic mass is 79.9. The number of amides is 1. The Morgan fingerprint density at radius 2 is 2.00 bits per heavy atom. The first kappa shape index (κ1) is 15.5. The Morgan fingerprint density at radius 1 is 1.35 bits per heavy atom. The molecule has 20 heavy (non-hydrogen) atoms. The number of thiophene rings is 1. The van der Waals surface area contributed by atoms with E-state index in [4.69, 9.17) is 0 Å². The molecular formula is C13H10BrF2NOS2. The maximum Gasteiger partial charge on any atom is 0.288 e. The van der Waals surface area contributed by atoms with Crippen molar-refractivity contribution in [3.05, 3.63) is 44.6 Å². The molecule has 0 aliphatic carbocycles. The molecule has 0 unspecified atom stereocenters. The summed E-state index contributed by atoms with van der Waals surface area (Å²) in [4.78, 5) is 13.1. The van der Waals surface area contributed by atoms with E-state index in [1.54, 1.807) is 30.3 Å². The number of thioether (sulfide) groups is 1. The van der Waals surface area contributed by atoms with Crippen LogP contribution >= 0.6 is 39.0 Å². The molecule has 1 aromatic heterocycles. The van der Waals surface area contributed by atoms with Gasteiger partial charge in [-0.1, -0.05) is 11.8 Å². The molecular weight excluding hydrogens is 368 g/mol. The summed E-state index contributed by atoms with van der Waals surface area (Å²) < 4.78 is 25.3. The summed E-state index contributed by atoms with van der Waals surface area (Å²) in [7, 11) is 0. The van der Waals surface area contributed by atoms with Gasteiger partial charge in [0.25, 0.3) is 11.7 Å². The summed E-state index contributed by atoms with van der Waals surface area (Å²) in [6.07, 6.45) is 0. The van der Waals surface area contributed by atoms with Gasteiger partial charge in [-0.15, -0.1) is 11.3 Å². The quantitative estimate of drug-likeness (QED) is 0.724. The number of anilines is 1. The second-order valence-corrected chi connectivity index (χ2v) is 7.36. The maximum atomic E-state index is 12.2. The van der Waals surface area contributed by atoms with E-state index in [1.807, 2.05) is 6.92 Å². The lowest BCUT2D eigenvalue weighted by Crippen LogP contribution is -2.09.